The number of alkyl carbamates (subject to hydrolysis) is 1. The van der Waals surface area contributed by atoms with E-state index in [1.165, 1.54) is 5.57 Å². The van der Waals surface area contributed by atoms with Gasteiger partial charge in [0.05, 0.1) is 13.0 Å². The fourth-order valence-corrected chi connectivity index (χ4v) is 4.18. The van der Waals surface area contributed by atoms with Gasteiger partial charge in [-0.2, -0.15) is 0 Å². The summed E-state index contributed by atoms with van der Waals surface area (Å²) >= 11 is 0. The Morgan fingerprint density at radius 1 is 0.825 bits per heavy atom. The van der Waals surface area contributed by atoms with Gasteiger partial charge in [-0.3, -0.25) is 4.79 Å². The molecule has 0 saturated carbocycles. The Labute approximate surface area is 237 Å². The zero-order chi connectivity index (χ0) is 29.0. The molecule has 0 radical (unpaired) electrons. The van der Waals surface area contributed by atoms with Crippen molar-refractivity contribution in [1.82, 2.24) is 10.6 Å². The summed E-state index contributed by atoms with van der Waals surface area (Å²) in [5.74, 6) is 0.806. The van der Waals surface area contributed by atoms with E-state index >= 15 is 0 Å². The molecule has 0 bridgehead atoms. The Morgan fingerprint density at radius 3 is 2.05 bits per heavy atom. The molecule has 0 aromatic heterocycles. The zero-order valence-corrected chi connectivity index (χ0v) is 23.8. The van der Waals surface area contributed by atoms with Crippen LogP contribution in [-0.2, 0) is 9.53 Å². The monoisotopic (exact) mass is 544 g/mol. The van der Waals surface area contributed by atoms with Crippen LogP contribution in [0.25, 0.3) is 11.1 Å². The first kappa shape index (κ1) is 30.3. The van der Waals surface area contributed by atoms with Gasteiger partial charge < -0.3 is 25.2 Å². The number of rotatable bonds is 12. The maximum Gasteiger partial charge on any atom is 0.407 e. The smallest absolute Gasteiger partial charge is 0.407 e. The van der Waals surface area contributed by atoms with Gasteiger partial charge in [-0.25, -0.2) is 4.79 Å². The molecule has 0 spiro atoms. The number of phenolic OH excluding ortho intramolecular Hbond substituents is 1. The van der Waals surface area contributed by atoms with Gasteiger partial charge in [0.15, 0.2) is 0 Å². The second-order valence-electron chi connectivity index (χ2n) is 10.5. The fraction of sp³-hybridized carbons (Fsp3) is 0.333. The van der Waals surface area contributed by atoms with Gasteiger partial charge in [-0.1, -0.05) is 61.5 Å². The Kier molecular flexibility index (Phi) is 11.2. The minimum absolute atomic E-state index is 0.0290. The van der Waals surface area contributed by atoms with Gasteiger partial charge in [0.2, 0.25) is 5.91 Å². The van der Waals surface area contributed by atoms with Crippen molar-refractivity contribution in [1.29, 1.82) is 0 Å². The van der Waals surface area contributed by atoms with E-state index in [1.807, 2.05) is 75.4 Å². The molecule has 7 heteroatoms. The summed E-state index contributed by atoms with van der Waals surface area (Å²) in [5, 5.41) is 15.3. The van der Waals surface area contributed by atoms with Crippen molar-refractivity contribution in [3.63, 3.8) is 0 Å². The molecule has 0 aliphatic heterocycles. The van der Waals surface area contributed by atoms with Crippen LogP contribution in [0.5, 0.6) is 11.5 Å². The summed E-state index contributed by atoms with van der Waals surface area (Å²) in [6, 6.07) is 25.6. The largest absolute Gasteiger partial charge is 0.508 e. The zero-order valence-electron chi connectivity index (χ0n) is 23.8. The summed E-state index contributed by atoms with van der Waals surface area (Å²) in [6.07, 6.45) is 1.07. The number of aromatic hydroxyl groups is 1. The highest BCUT2D eigenvalue weighted by atomic mass is 16.5. The van der Waals surface area contributed by atoms with Crippen LogP contribution in [0, 0.1) is 0 Å². The van der Waals surface area contributed by atoms with Crippen LogP contribution in [0.3, 0.4) is 0 Å². The molecule has 0 atom stereocenters. The lowest BCUT2D eigenvalue weighted by Crippen LogP contribution is -2.41. The highest BCUT2D eigenvalue weighted by Crippen LogP contribution is 2.35. The first-order valence-electron chi connectivity index (χ1n) is 13.7. The molecule has 0 fully saturated rings. The van der Waals surface area contributed by atoms with Gasteiger partial charge in [0.1, 0.15) is 18.1 Å². The predicted molar refractivity (Wildman–Crippen MR) is 159 cm³/mol. The Morgan fingerprint density at radius 2 is 1.45 bits per heavy atom. The standard InChI is InChI=1S/C33H40N2O5/c1-5-29(24-10-7-6-8-11-24)31(25-12-16-27(36)17-13-25)26-14-18-28(19-15-26)39-22-9-21-34-30(37)20-23-40-32(38)35-33(2,3)4/h6-8,10-19,36H,5,9,20-23H2,1-4H3,(H,34,37)(H,35,38)/b31-29+. The van der Waals surface area contributed by atoms with Crippen LogP contribution >= 0.6 is 0 Å². The number of benzene rings is 3. The average Bonchev–Trinajstić information content (AvgIpc) is 2.92. The predicted octanol–water partition coefficient (Wildman–Crippen LogP) is 6.56. The van der Waals surface area contributed by atoms with Gasteiger partial charge in [-0.05, 0) is 85.7 Å². The van der Waals surface area contributed by atoms with Gasteiger partial charge in [0.25, 0.3) is 0 Å². The molecular formula is C33H40N2O5. The molecule has 212 valence electrons. The molecule has 3 aromatic rings. The first-order chi connectivity index (χ1) is 19.2. The lowest BCUT2D eigenvalue weighted by Gasteiger charge is -2.19. The normalized spacial score (nSPS) is 11.8. The van der Waals surface area contributed by atoms with Crippen molar-refractivity contribution in [3.8, 4) is 11.5 Å². The van der Waals surface area contributed by atoms with Crippen LogP contribution in [0.2, 0.25) is 0 Å². The summed E-state index contributed by atoms with van der Waals surface area (Å²) in [4.78, 5) is 23.6. The molecule has 7 nitrogen and oxygen atoms in total. The number of hydrogen-bond donors (Lipinski definition) is 3. The average molecular weight is 545 g/mol. The van der Waals surface area contributed by atoms with Crippen LogP contribution in [0.15, 0.2) is 78.9 Å². The maximum atomic E-state index is 12.0. The number of carbonyl (C=O) groups excluding carboxylic acids is 2. The third-order valence-corrected chi connectivity index (χ3v) is 6.03. The van der Waals surface area contributed by atoms with E-state index in [1.54, 1.807) is 12.1 Å². The van der Waals surface area contributed by atoms with Gasteiger partial charge in [0, 0.05) is 12.1 Å². The SMILES string of the molecule is CC/C(=C(/c1ccc(O)cc1)c1ccc(OCCCNC(=O)CCOC(=O)NC(C)(C)C)cc1)c1ccccc1. The highest BCUT2D eigenvalue weighted by molar-refractivity contribution is 5.98. The number of ether oxygens (including phenoxy) is 2. The fourth-order valence-electron chi connectivity index (χ4n) is 4.18. The van der Waals surface area contributed by atoms with Crippen molar-refractivity contribution in [2.24, 2.45) is 0 Å². The summed E-state index contributed by atoms with van der Waals surface area (Å²) in [7, 11) is 0. The van der Waals surface area contributed by atoms with E-state index in [4.69, 9.17) is 9.47 Å². The van der Waals surface area contributed by atoms with Crippen molar-refractivity contribution in [2.75, 3.05) is 19.8 Å². The Bertz CT molecular complexity index is 1260. The molecule has 3 rings (SSSR count). The maximum absolute atomic E-state index is 12.0. The third kappa shape index (κ3) is 9.80. The van der Waals surface area contributed by atoms with E-state index in [0.717, 1.165) is 34.4 Å². The third-order valence-electron chi connectivity index (χ3n) is 6.03. The quantitative estimate of drug-likeness (QED) is 0.177. The summed E-state index contributed by atoms with van der Waals surface area (Å²) in [5.41, 5.74) is 5.20. The summed E-state index contributed by atoms with van der Waals surface area (Å²) < 4.78 is 10.9. The lowest BCUT2D eigenvalue weighted by molar-refractivity contribution is -0.121. The molecular weight excluding hydrogens is 504 g/mol. The molecule has 0 saturated heterocycles. The minimum Gasteiger partial charge on any atom is -0.508 e. The Hall–Kier alpha value is -4.26. The van der Waals surface area contributed by atoms with E-state index in [-0.39, 0.29) is 30.2 Å². The molecule has 40 heavy (non-hydrogen) atoms. The van der Waals surface area contributed by atoms with Crippen molar-refractivity contribution in [3.05, 3.63) is 95.6 Å². The van der Waals surface area contributed by atoms with Crippen LogP contribution < -0.4 is 15.4 Å². The van der Waals surface area contributed by atoms with Crippen molar-refractivity contribution >= 4 is 23.1 Å². The number of phenols is 1. The molecule has 3 aromatic carbocycles. The first-order valence-corrected chi connectivity index (χ1v) is 13.7. The number of carbonyl (C=O) groups is 2. The van der Waals surface area contributed by atoms with Crippen LogP contribution in [-0.4, -0.2) is 42.4 Å². The number of nitrogens with one attached hydrogen (secondary N) is 2. The second kappa shape index (κ2) is 14.8. The van der Waals surface area contributed by atoms with Gasteiger partial charge >= 0.3 is 6.09 Å². The summed E-state index contributed by atoms with van der Waals surface area (Å²) in [6.45, 7) is 8.68. The topological polar surface area (TPSA) is 96.9 Å². The molecule has 3 N–H and O–H groups in total. The van der Waals surface area contributed by atoms with Gasteiger partial charge in [-0.15, -0.1) is 0 Å². The highest BCUT2D eigenvalue weighted by Gasteiger charge is 2.15. The molecule has 0 unspecified atom stereocenters. The van der Waals surface area contributed by atoms with E-state index < -0.39 is 6.09 Å². The number of amides is 2. The number of hydrogen-bond acceptors (Lipinski definition) is 5. The molecule has 2 amide bonds. The van der Waals surface area contributed by atoms with Crippen LogP contribution in [0.1, 0.15) is 63.6 Å². The molecule has 0 aliphatic rings. The van der Waals surface area contributed by atoms with E-state index in [0.29, 0.717) is 19.6 Å². The lowest BCUT2D eigenvalue weighted by atomic mass is 9.88. The van der Waals surface area contributed by atoms with E-state index in [9.17, 15) is 14.7 Å². The minimum atomic E-state index is -0.531. The van der Waals surface area contributed by atoms with E-state index in [2.05, 4.69) is 29.7 Å². The van der Waals surface area contributed by atoms with Crippen molar-refractivity contribution in [2.45, 2.75) is 52.5 Å². The van der Waals surface area contributed by atoms with Crippen molar-refractivity contribution < 1.29 is 24.2 Å². The van der Waals surface area contributed by atoms with Crippen LogP contribution in [0.4, 0.5) is 4.79 Å². The second-order valence-corrected chi connectivity index (χ2v) is 10.5. The number of allylic oxidation sites excluding steroid dienone is 1. The molecule has 0 heterocycles. The Balaban J connectivity index is 1.54. The molecule has 0 aliphatic carbocycles.